The normalized spacial score (nSPS) is 16.1. The number of hydrogen-bond donors (Lipinski definition) is 0. The van der Waals surface area contributed by atoms with Crippen molar-refractivity contribution < 1.29 is 23.5 Å². The van der Waals surface area contributed by atoms with Gasteiger partial charge in [0.25, 0.3) is 5.91 Å². The lowest BCUT2D eigenvalue weighted by atomic mass is 9.92. The molecule has 1 heterocycles. The first-order valence-corrected chi connectivity index (χ1v) is 19.3. The summed E-state index contributed by atoms with van der Waals surface area (Å²) in [5, 5.41) is 0.157. The molecule has 7 nitrogen and oxygen atoms in total. The lowest BCUT2D eigenvalue weighted by Crippen LogP contribution is -2.44. The van der Waals surface area contributed by atoms with Crippen LogP contribution in [-0.4, -0.2) is 68.1 Å². The summed E-state index contributed by atoms with van der Waals surface area (Å²) in [7, 11) is -1.82. The molecular formula is C37H54N2O5Si. The molecule has 2 aliphatic rings. The van der Waals surface area contributed by atoms with Crippen molar-refractivity contribution in [3.8, 4) is 5.75 Å². The lowest BCUT2D eigenvalue weighted by Gasteiger charge is -2.36. The van der Waals surface area contributed by atoms with E-state index in [9.17, 15) is 9.59 Å². The van der Waals surface area contributed by atoms with Gasteiger partial charge in [-0.25, -0.2) is 4.79 Å². The van der Waals surface area contributed by atoms with Crippen LogP contribution in [0.2, 0.25) is 18.1 Å². The molecule has 0 saturated heterocycles. The van der Waals surface area contributed by atoms with Crippen LogP contribution in [-0.2, 0) is 20.5 Å². The number of carbonyl (C=O) groups excluding carboxylic acids is 2. The minimum Gasteiger partial charge on any atom is -0.491 e. The zero-order valence-corrected chi connectivity index (χ0v) is 30.2. The smallest absolute Gasteiger partial charge is 0.410 e. The largest absolute Gasteiger partial charge is 0.491 e. The van der Waals surface area contributed by atoms with E-state index in [0.29, 0.717) is 38.3 Å². The number of hydrogen-bond acceptors (Lipinski definition) is 5. The highest BCUT2D eigenvalue weighted by molar-refractivity contribution is 6.74. The quantitative estimate of drug-likeness (QED) is 0.194. The van der Waals surface area contributed by atoms with Crippen molar-refractivity contribution in [3.63, 3.8) is 0 Å². The van der Waals surface area contributed by atoms with Crippen LogP contribution >= 0.6 is 0 Å². The fraction of sp³-hybridized carbons (Fsp3) is 0.568. The first-order chi connectivity index (χ1) is 21.0. The Hall–Kier alpha value is -3.10. The van der Waals surface area contributed by atoms with Crippen molar-refractivity contribution in [1.82, 2.24) is 9.80 Å². The highest BCUT2D eigenvalue weighted by Gasteiger charge is 2.38. The van der Waals surface area contributed by atoms with Crippen LogP contribution < -0.4 is 4.74 Å². The molecule has 2 aromatic carbocycles. The van der Waals surface area contributed by atoms with Gasteiger partial charge in [0.15, 0.2) is 8.32 Å². The molecule has 2 amide bonds. The second kappa shape index (κ2) is 13.7. The van der Waals surface area contributed by atoms with Crippen molar-refractivity contribution >= 4 is 25.9 Å². The minimum atomic E-state index is -1.82. The molecule has 0 unspecified atom stereocenters. The third-order valence-corrected chi connectivity index (χ3v) is 13.9. The van der Waals surface area contributed by atoms with E-state index in [0.717, 1.165) is 35.3 Å². The highest BCUT2D eigenvalue weighted by atomic mass is 28.4. The van der Waals surface area contributed by atoms with Gasteiger partial charge in [0.2, 0.25) is 0 Å². The Kier molecular flexibility index (Phi) is 10.6. The molecule has 0 atom stereocenters. The fourth-order valence-corrected chi connectivity index (χ4v) is 6.31. The lowest BCUT2D eigenvalue weighted by molar-refractivity contribution is -0.128. The van der Waals surface area contributed by atoms with Crippen LogP contribution in [0.15, 0.2) is 48.0 Å². The molecule has 1 aliphatic heterocycles. The molecule has 45 heavy (non-hydrogen) atoms. The number of ether oxygens (including phenoxy) is 2. The summed E-state index contributed by atoms with van der Waals surface area (Å²) < 4.78 is 18.0. The zero-order valence-electron chi connectivity index (χ0n) is 29.2. The fourth-order valence-electron chi connectivity index (χ4n) is 5.28. The standard InChI is InChI=1S/C37H54N2O5Si/c1-26-12-11-13-29(27(26)2)24-39(30-16-17-30)34(40)33-25-38(35(41)44-36(3,4)5)21-20-32(33)28-14-18-31(19-15-28)42-22-23-43-45(9,10)37(6,7)8/h11-15,18-19,30H,16-17,20-25H2,1-10H3. The third kappa shape index (κ3) is 9.00. The molecule has 0 aromatic heterocycles. The molecule has 1 aliphatic carbocycles. The molecule has 1 saturated carbocycles. The molecule has 0 spiro atoms. The van der Waals surface area contributed by atoms with Crippen molar-refractivity contribution in [3.05, 3.63) is 70.3 Å². The number of rotatable bonds is 10. The topological polar surface area (TPSA) is 68.3 Å². The molecule has 246 valence electrons. The average Bonchev–Trinajstić information content (AvgIpc) is 3.80. The maximum atomic E-state index is 14.5. The number of amides is 2. The van der Waals surface area contributed by atoms with Crippen LogP contribution in [0.5, 0.6) is 5.75 Å². The van der Waals surface area contributed by atoms with E-state index in [4.69, 9.17) is 13.9 Å². The maximum Gasteiger partial charge on any atom is 0.410 e. The van der Waals surface area contributed by atoms with Gasteiger partial charge in [-0.2, -0.15) is 0 Å². The van der Waals surface area contributed by atoms with E-state index < -0.39 is 13.9 Å². The van der Waals surface area contributed by atoms with E-state index >= 15 is 0 Å². The Bertz CT molecular complexity index is 1400. The summed E-state index contributed by atoms with van der Waals surface area (Å²) in [6, 6.07) is 14.5. The number of carbonyl (C=O) groups is 2. The summed E-state index contributed by atoms with van der Waals surface area (Å²) in [5.74, 6) is 0.775. The second-order valence-corrected chi connectivity index (χ2v) is 19.9. The van der Waals surface area contributed by atoms with Gasteiger partial charge in [-0.1, -0.05) is 51.1 Å². The third-order valence-electron chi connectivity index (χ3n) is 9.38. The summed E-state index contributed by atoms with van der Waals surface area (Å²) in [6.07, 6.45) is 2.19. The Morgan fingerprint density at radius 1 is 0.956 bits per heavy atom. The van der Waals surface area contributed by atoms with E-state index in [1.54, 1.807) is 4.90 Å². The Labute approximate surface area is 272 Å². The monoisotopic (exact) mass is 634 g/mol. The van der Waals surface area contributed by atoms with Crippen molar-refractivity contribution in [2.45, 2.75) is 111 Å². The zero-order chi connectivity index (χ0) is 33.2. The van der Waals surface area contributed by atoms with Gasteiger partial charge in [0.05, 0.1) is 13.2 Å². The summed E-state index contributed by atoms with van der Waals surface area (Å²) >= 11 is 0. The van der Waals surface area contributed by atoms with E-state index in [2.05, 4.69) is 65.9 Å². The molecule has 0 radical (unpaired) electrons. The van der Waals surface area contributed by atoms with Gasteiger partial charge in [-0.15, -0.1) is 0 Å². The van der Waals surface area contributed by atoms with Crippen LogP contribution in [0.1, 0.15) is 83.1 Å². The second-order valence-electron chi connectivity index (χ2n) is 15.1. The Balaban J connectivity index is 1.57. The molecule has 0 N–H and O–H groups in total. The van der Waals surface area contributed by atoms with E-state index in [-0.39, 0.29) is 29.6 Å². The SMILES string of the molecule is Cc1cccc(CN(C(=O)C2=C(c3ccc(OCCO[Si](C)(C)C(C)(C)C)cc3)CCN(C(=O)OC(C)(C)C)C2)C2CC2)c1C. The molecule has 2 aromatic rings. The van der Waals surface area contributed by atoms with Gasteiger partial charge >= 0.3 is 6.09 Å². The Morgan fingerprint density at radius 2 is 1.62 bits per heavy atom. The Morgan fingerprint density at radius 3 is 2.22 bits per heavy atom. The van der Waals surface area contributed by atoms with Crippen LogP contribution in [0.4, 0.5) is 4.79 Å². The van der Waals surface area contributed by atoms with Gasteiger partial charge in [0, 0.05) is 24.7 Å². The predicted octanol–water partition coefficient (Wildman–Crippen LogP) is 8.29. The van der Waals surface area contributed by atoms with Gasteiger partial charge in [-0.3, -0.25) is 4.79 Å². The highest BCUT2D eigenvalue weighted by Crippen LogP contribution is 2.37. The van der Waals surface area contributed by atoms with E-state index in [1.165, 1.54) is 11.1 Å². The maximum absolute atomic E-state index is 14.5. The molecular weight excluding hydrogens is 581 g/mol. The minimum absolute atomic E-state index is 0.00442. The summed E-state index contributed by atoms with van der Waals surface area (Å²) in [5.41, 5.74) is 5.62. The van der Waals surface area contributed by atoms with Crippen molar-refractivity contribution in [1.29, 1.82) is 0 Å². The average molecular weight is 635 g/mol. The molecule has 4 rings (SSSR count). The number of nitrogens with zero attached hydrogens (tertiary/aromatic N) is 2. The first kappa shape index (κ1) is 34.8. The van der Waals surface area contributed by atoms with Crippen molar-refractivity contribution in [2.75, 3.05) is 26.3 Å². The van der Waals surface area contributed by atoms with Gasteiger partial charge in [0.1, 0.15) is 18.0 Å². The first-order valence-electron chi connectivity index (χ1n) is 16.4. The molecule has 1 fully saturated rings. The number of benzene rings is 2. The van der Waals surface area contributed by atoms with Crippen LogP contribution in [0.3, 0.4) is 0 Å². The molecule has 8 heteroatoms. The van der Waals surface area contributed by atoms with Crippen LogP contribution in [0, 0.1) is 13.8 Å². The van der Waals surface area contributed by atoms with Crippen LogP contribution in [0.25, 0.3) is 5.57 Å². The van der Waals surface area contributed by atoms with Crippen molar-refractivity contribution in [2.24, 2.45) is 0 Å². The number of aryl methyl sites for hydroxylation is 1. The summed E-state index contributed by atoms with van der Waals surface area (Å²) in [6.45, 7) is 23.3. The summed E-state index contributed by atoms with van der Waals surface area (Å²) in [4.78, 5) is 31.3. The van der Waals surface area contributed by atoms with Gasteiger partial charge < -0.3 is 23.7 Å². The van der Waals surface area contributed by atoms with Gasteiger partial charge in [-0.05, 0) is 112 Å². The predicted molar refractivity (Wildman–Crippen MR) is 184 cm³/mol. The van der Waals surface area contributed by atoms with E-state index in [1.807, 2.05) is 49.9 Å². The molecule has 0 bridgehead atoms.